The molecule has 4 N–H and O–H groups in total. The summed E-state index contributed by atoms with van der Waals surface area (Å²) in [6.07, 6.45) is 14.1. The number of thioether (sulfide) groups is 1. The quantitative estimate of drug-likeness (QED) is 0.410. The molecule has 2 heterocycles. The fraction of sp³-hybridized carbons (Fsp3) is 0.481. The van der Waals surface area contributed by atoms with E-state index in [0.29, 0.717) is 11.6 Å². The Morgan fingerprint density at radius 3 is 2.44 bits per heavy atom. The SMILES string of the molecule is CSc1ccc(-c2nc3cc(C(=O)NC4CCC(N)CC4)ccn3c2NC2CCCCC2)cc1. The lowest BCUT2D eigenvalue weighted by Gasteiger charge is -2.26. The number of benzene rings is 1. The molecule has 7 heteroatoms. The lowest BCUT2D eigenvalue weighted by Crippen LogP contribution is -2.40. The summed E-state index contributed by atoms with van der Waals surface area (Å²) in [6, 6.07) is 13.3. The number of carbonyl (C=O) groups is 1. The first-order valence-electron chi connectivity index (χ1n) is 12.6. The molecule has 2 aliphatic rings. The molecule has 2 aliphatic carbocycles. The van der Waals surface area contributed by atoms with Gasteiger partial charge in [-0.1, -0.05) is 31.4 Å². The van der Waals surface area contributed by atoms with Gasteiger partial charge in [-0.15, -0.1) is 11.8 Å². The smallest absolute Gasteiger partial charge is 0.251 e. The Labute approximate surface area is 206 Å². The van der Waals surface area contributed by atoms with Gasteiger partial charge in [0.2, 0.25) is 0 Å². The Kier molecular flexibility index (Phi) is 7.11. The van der Waals surface area contributed by atoms with Crippen molar-refractivity contribution in [3.05, 3.63) is 48.2 Å². The van der Waals surface area contributed by atoms with E-state index in [-0.39, 0.29) is 18.0 Å². The monoisotopic (exact) mass is 477 g/mol. The molecule has 0 unspecified atom stereocenters. The number of nitrogens with two attached hydrogens (primary N) is 1. The maximum Gasteiger partial charge on any atom is 0.251 e. The van der Waals surface area contributed by atoms with Crippen LogP contribution in [0.25, 0.3) is 16.9 Å². The first-order valence-corrected chi connectivity index (χ1v) is 13.8. The first-order chi connectivity index (χ1) is 16.6. The number of nitrogens with zero attached hydrogens (tertiary/aromatic N) is 2. The lowest BCUT2D eigenvalue weighted by molar-refractivity contribution is 0.0926. The van der Waals surface area contributed by atoms with E-state index in [1.807, 2.05) is 18.3 Å². The number of hydrogen-bond acceptors (Lipinski definition) is 5. The number of carbonyl (C=O) groups excluding carboxylic acids is 1. The van der Waals surface area contributed by atoms with Crippen molar-refractivity contribution < 1.29 is 4.79 Å². The van der Waals surface area contributed by atoms with Crippen LogP contribution in [0, 0.1) is 0 Å². The molecule has 1 aromatic carbocycles. The summed E-state index contributed by atoms with van der Waals surface area (Å²) < 4.78 is 2.10. The zero-order chi connectivity index (χ0) is 23.5. The molecular formula is C27H35N5OS. The first kappa shape index (κ1) is 23.2. The maximum atomic E-state index is 13.0. The molecule has 0 atom stereocenters. The molecule has 6 nitrogen and oxygen atoms in total. The second-order valence-corrected chi connectivity index (χ2v) is 10.6. The van der Waals surface area contributed by atoms with Crippen LogP contribution in [-0.4, -0.2) is 39.7 Å². The molecule has 180 valence electrons. The van der Waals surface area contributed by atoms with E-state index in [1.54, 1.807) is 11.8 Å². The Morgan fingerprint density at radius 2 is 1.74 bits per heavy atom. The lowest BCUT2D eigenvalue weighted by atomic mass is 9.91. The Hall–Kier alpha value is -2.51. The molecule has 2 saturated carbocycles. The summed E-state index contributed by atoms with van der Waals surface area (Å²) in [6.45, 7) is 0. The van der Waals surface area contributed by atoms with E-state index < -0.39 is 0 Å². The van der Waals surface area contributed by atoms with E-state index >= 15 is 0 Å². The van der Waals surface area contributed by atoms with Crippen molar-refractivity contribution >= 4 is 29.1 Å². The molecule has 0 spiro atoms. The molecule has 2 aromatic heterocycles. The van der Waals surface area contributed by atoms with Crippen molar-refractivity contribution in [1.82, 2.24) is 14.7 Å². The van der Waals surface area contributed by atoms with Gasteiger partial charge in [0, 0.05) is 40.3 Å². The van der Waals surface area contributed by atoms with E-state index in [4.69, 9.17) is 10.7 Å². The van der Waals surface area contributed by atoms with Gasteiger partial charge < -0.3 is 16.4 Å². The average molecular weight is 478 g/mol. The molecule has 0 radical (unpaired) electrons. The number of amides is 1. The molecule has 3 aromatic rings. The summed E-state index contributed by atoms with van der Waals surface area (Å²) in [4.78, 5) is 19.2. The van der Waals surface area contributed by atoms with Gasteiger partial charge in [0.15, 0.2) is 0 Å². The Morgan fingerprint density at radius 1 is 1.00 bits per heavy atom. The van der Waals surface area contributed by atoms with Crippen LogP contribution in [0.2, 0.25) is 0 Å². The normalized spacial score (nSPS) is 21.5. The van der Waals surface area contributed by atoms with Crippen molar-refractivity contribution in [1.29, 1.82) is 0 Å². The second kappa shape index (κ2) is 10.4. The number of imidazole rings is 1. The van der Waals surface area contributed by atoms with E-state index in [2.05, 4.69) is 45.6 Å². The number of pyridine rings is 1. The van der Waals surface area contributed by atoms with E-state index in [0.717, 1.165) is 48.4 Å². The summed E-state index contributed by atoms with van der Waals surface area (Å²) in [5.41, 5.74) is 9.49. The van der Waals surface area contributed by atoms with Crippen molar-refractivity contribution in [2.75, 3.05) is 11.6 Å². The van der Waals surface area contributed by atoms with Crippen LogP contribution < -0.4 is 16.4 Å². The van der Waals surface area contributed by atoms with Crippen molar-refractivity contribution in [2.24, 2.45) is 5.73 Å². The molecule has 2 fully saturated rings. The topological polar surface area (TPSA) is 84.5 Å². The Bertz CT molecular complexity index is 1130. The van der Waals surface area contributed by atoms with E-state index in [1.165, 1.54) is 37.0 Å². The predicted octanol–water partition coefficient (Wildman–Crippen LogP) is 5.47. The summed E-state index contributed by atoms with van der Waals surface area (Å²) in [7, 11) is 0. The van der Waals surface area contributed by atoms with Crippen LogP contribution in [0.5, 0.6) is 0 Å². The fourth-order valence-corrected chi connectivity index (χ4v) is 5.65. The zero-order valence-corrected chi connectivity index (χ0v) is 20.7. The summed E-state index contributed by atoms with van der Waals surface area (Å²) in [5.74, 6) is 0.991. The number of anilines is 1. The van der Waals surface area contributed by atoms with Crippen LogP contribution >= 0.6 is 11.8 Å². The van der Waals surface area contributed by atoms with Gasteiger partial charge >= 0.3 is 0 Å². The Balaban J connectivity index is 1.45. The van der Waals surface area contributed by atoms with Crippen LogP contribution in [-0.2, 0) is 0 Å². The minimum absolute atomic E-state index is 0.0290. The van der Waals surface area contributed by atoms with E-state index in [9.17, 15) is 4.79 Å². The molecule has 1 amide bonds. The molecule has 0 saturated heterocycles. The summed E-state index contributed by atoms with van der Waals surface area (Å²) >= 11 is 1.74. The largest absolute Gasteiger partial charge is 0.367 e. The van der Waals surface area contributed by atoms with Gasteiger partial charge in [0.05, 0.1) is 0 Å². The number of nitrogens with one attached hydrogen (secondary N) is 2. The van der Waals surface area contributed by atoms with Crippen molar-refractivity contribution in [3.8, 4) is 11.3 Å². The van der Waals surface area contributed by atoms with Gasteiger partial charge in [-0.3, -0.25) is 9.20 Å². The predicted molar refractivity (Wildman–Crippen MR) is 141 cm³/mol. The molecule has 0 aliphatic heterocycles. The molecule has 5 rings (SSSR count). The van der Waals surface area contributed by atoms with Gasteiger partial charge in [-0.25, -0.2) is 4.98 Å². The maximum absolute atomic E-state index is 13.0. The van der Waals surface area contributed by atoms with Gasteiger partial charge in [0.25, 0.3) is 5.91 Å². The van der Waals surface area contributed by atoms with Gasteiger partial charge in [-0.05, 0) is 69.0 Å². The average Bonchev–Trinajstić information content (AvgIpc) is 3.23. The standard InChI is InChI=1S/C27H35N5OS/c1-34-23-13-7-18(8-14-23)25-26(29-21-5-3-2-4-6-21)32-16-15-19(17-24(32)31-25)27(33)30-22-11-9-20(28)10-12-22/h7-8,13-17,20-22,29H,2-6,9-12,28H2,1H3,(H,30,33). The van der Waals surface area contributed by atoms with Crippen molar-refractivity contribution in [2.45, 2.75) is 80.8 Å². The highest BCUT2D eigenvalue weighted by atomic mass is 32.2. The summed E-state index contributed by atoms with van der Waals surface area (Å²) in [5, 5.41) is 7.00. The van der Waals surface area contributed by atoms with Crippen LogP contribution in [0.4, 0.5) is 5.82 Å². The third-order valence-electron chi connectivity index (χ3n) is 7.30. The third-order valence-corrected chi connectivity index (χ3v) is 8.05. The number of fused-ring (bicyclic) bond motifs is 1. The second-order valence-electron chi connectivity index (χ2n) is 9.75. The highest BCUT2D eigenvalue weighted by Gasteiger charge is 2.23. The van der Waals surface area contributed by atoms with Crippen LogP contribution in [0.15, 0.2) is 47.5 Å². The van der Waals surface area contributed by atoms with Crippen LogP contribution in [0.3, 0.4) is 0 Å². The molecular weight excluding hydrogens is 442 g/mol. The minimum Gasteiger partial charge on any atom is -0.367 e. The fourth-order valence-electron chi connectivity index (χ4n) is 5.25. The van der Waals surface area contributed by atoms with Crippen LogP contribution in [0.1, 0.15) is 68.1 Å². The number of aromatic nitrogens is 2. The minimum atomic E-state index is -0.0290. The molecule has 0 bridgehead atoms. The third kappa shape index (κ3) is 5.10. The number of rotatable bonds is 6. The number of hydrogen-bond donors (Lipinski definition) is 3. The zero-order valence-electron chi connectivity index (χ0n) is 19.9. The highest BCUT2D eigenvalue weighted by molar-refractivity contribution is 7.98. The van der Waals surface area contributed by atoms with Crippen molar-refractivity contribution in [3.63, 3.8) is 0 Å². The van der Waals surface area contributed by atoms with Gasteiger partial charge in [-0.2, -0.15) is 0 Å². The van der Waals surface area contributed by atoms with Gasteiger partial charge in [0.1, 0.15) is 17.2 Å². The highest BCUT2D eigenvalue weighted by Crippen LogP contribution is 2.33. The molecule has 34 heavy (non-hydrogen) atoms.